The lowest BCUT2D eigenvalue weighted by Gasteiger charge is -2.44. The van der Waals surface area contributed by atoms with Crippen LogP contribution in [0.15, 0.2) is 9.98 Å². The average molecular weight is 261 g/mol. The van der Waals surface area contributed by atoms with Gasteiger partial charge in [-0.05, 0) is 0 Å². The Morgan fingerprint density at radius 3 is 2.22 bits per heavy atom. The number of hydrogen-bond donors (Lipinski definition) is 3. The summed E-state index contributed by atoms with van der Waals surface area (Å²) in [6, 6.07) is 0. The average Bonchev–Trinajstić information content (AvgIpc) is 2.35. The monoisotopic (exact) mass is 261 g/mol. The molecule has 1 aliphatic heterocycles. The molecule has 0 saturated heterocycles. The SMILES string of the molecule is COC(OC)C(OC)(OC)C1(N)N=CNC(N)=N1. The largest absolute Gasteiger partial charge is 0.370 e. The van der Waals surface area contributed by atoms with Crippen LogP contribution in [-0.4, -0.2) is 58.6 Å². The highest BCUT2D eigenvalue weighted by molar-refractivity contribution is 5.90. The van der Waals surface area contributed by atoms with Gasteiger partial charge in [0, 0.05) is 28.4 Å². The van der Waals surface area contributed by atoms with E-state index in [1.54, 1.807) is 0 Å². The lowest BCUT2D eigenvalue weighted by atomic mass is 10.1. The minimum Gasteiger partial charge on any atom is -0.370 e. The highest BCUT2D eigenvalue weighted by Gasteiger charge is 2.59. The van der Waals surface area contributed by atoms with Crippen molar-refractivity contribution >= 4 is 12.3 Å². The van der Waals surface area contributed by atoms with Crippen LogP contribution >= 0.6 is 0 Å². The Labute approximate surface area is 105 Å². The van der Waals surface area contributed by atoms with Crippen molar-refractivity contribution in [3.05, 3.63) is 0 Å². The van der Waals surface area contributed by atoms with Gasteiger partial charge in [0.1, 0.15) is 0 Å². The highest BCUT2D eigenvalue weighted by atomic mass is 16.8. The van der Waals surface area contributed by atoms with Crippen molar-refractivity contribution in [3.63, 3.8) is 0 Å². The van der Waals surface area contributed by atoms with Crippen LogP contribution in [-0.2, 0) is 18.9 Å². The van der Waals surface area contributed by atoms with Gasteiger partial charge in [-0.1, -0.05) is 0 Å². The Balaban J connectivity index is 3.26. The predicted octanol–water partition coefficient (Wildman–Crippen LogP) is -1.85. The molecule has 1 aliphatic rings. The molecule has 18 heavy (non-hydrogen) atoms. The second-order valence-corrected chi connectivity index (χ2v) is 3.50. The highest BCUT2D eigenvalue weighted by Crippen LogP contribution is 2.33. The molecule has 9 heteroatoms. The van der Waals surface area contributed by atoms with Crippen LogP contribution in [0.3, 0.4) is 0 Å². The molecule has 0 aliphatic carbocycles. The van der Waals surface area contributed by atoms with E-state index in [2.05, 4.69) is 15.3 Å². The molecule has 0 aromatic rings. The standard InChI is InChI=1S/C9H19N5O4/c1-15-6(16-2)8(17-3,18-4)9(11)13-5-12-7(10)14-9/h5-6H,11H2,1-4H3,(H3,10,12,13,14). The summed E-state index contributed by atoms with van der Waals surface area (Å²) in [5, 5.41) is 2.60. The van der Waals surface area contributed by atoms with E-state index in [0.717, 1.165) is 0 Å². The number of nitrogens with one attached hydrogen (secondary N) is 1. The van der Waals surface area contributed by atoms with E-state index in [1.807, 2.05) is 0 Å². The van der Waals surface area contributed by atoms with Gasteiger partial charge in [-0.15, -0.1) is 0 Å². The molecule has 9 nitrogen and oxygen atoms in total. The van der Waals surface area contributed by atoms with Crippen LogP contribution in [0.1, 0.15) is 0 Å². The lowest BCUT2D eigenvalue weighted by Crippen LogP contribution is -2.69. The van der Waals surface area contributed by atoms with Gasteiger partial charge in [0.05, 0.1) is 6.34 Å². The molecule has 0 aromatic carbocycles. The summed E-state index contributed by atoms with van der Waals surface area (Å²) in [4.78, 5) is 8.01. The van der Waals surface area contributed by atoms with Gasteiger partial charge in [-0.3, -0.25) is 5.73 Å². The van der Waals surface area contributed by atoms with Crippen LogP contribution in [0.2, 0.25) is 0 Å². The van der Waals surface area contributed by atoms with Gasteiger partial charge in [-0.2, -0.15) is 0 Å². The lowest BCUT2D eigenvalue weighted by molar-refractivity contribution is -0.351. The molecule has 104 valence electrons. The minimum atomic E-state index is -1.64. The third kappa shape index (κ3) is 2.18. The number of nitrogens with two attached hydrogens (primary N) is 2. The zero-order chi connectivity index (χ0) is 13.8. The number of guanidine groups is 1. The number of rotatable bonds is 6. The Hall–Kier alpha value is -1.26. The molecule has 0 bridgehead atoms. The van der Waals surface area contributed by atoms with Gasteiger partial charge in [0.25, 0.3) is 11.6 Å². The first-order chi connectivity index (χ1) is 8.49. The fourth-order valence-electron chi connectivity index (χ4n) is 1.77. The minimum absolute atomic E-state index is 0.0805. The van der Waals surface area contributed by atoms with Crippen molar-refractivity contribution in [2.45, 2.75) is 17.9 Å². The third-order valence-electron chi connectivity index (χ3n) is 2.62. The van der Waals surface area contributed by atoms with E-state index in [-0.39, 0.29) is 5.96 Å². The fraction of sp³-hybridized carbons (Fsp3) is 0.778. The summed E-state index contributed by atoms with van der Waals surface area (Å²) < 4.78 is 20.9. The van der Waals surface area contributed by atoms with Crippen LogP contribution < -0.4 is 16.8 Å². The second kappa shape index (κ2) is 5.59. The fourth-order valence-corrected chi connectivity index (χ4v) is 1.77. The maximum Gasteiger partial charge on any atom is 0.282 e. The van der Waals surface area contributed by atoms with Crippen LogP contribution in [0.25, 0.3) is 0 Å². The van der Waals surface area contributed by atoms with Crippen molar-refractivity contribution in [2.75, 3.05) is 28.4 Å². The van der Waals surface area contributed by atoms with Crippen LogP contribution in [0, 0.1) is 0 Å². The summed E-state index contributed by atoms with van der Waals surface area (Å²) in [5.41, 5.74) is 11.7. The smallest absolute Gasteiger partial charge is 0.282 e. The van der Waals surface area contributed by atoms with E-state index in [9.17, 15) is 0 Å². The van der Waals surface area contributed by atoms with E-state index in [1.165, 1.54) is 34.8 Å². The molecule has 0 amide bonds. The first-order valence-electron chi connectivity index (χ1n) is 5.10. The van der Waals surface area contributed by atoms with Crippen molar-refractivity contribution in [1.82, 2.24) is 5.32 Å². The quantitative estimate of drug-likeness (QED) is 0.479. The van der Waals surface area contributed by atoms with Gasteiger partial charge in [0.2, 0.25) is 6.29 Å². The molecule has 0 spiro atoms. The Bertz CT molecular complexity index is 340. The summed E-state index contributed by atoms with van der Waals surface area (Å²) in [7, 11) is 5.60. The molecule has 0 fully saturated rings. The van der Waals surface area contributed by atoms with Gasteiger partial charge in [-0.25, -0.2) is 9.98 Å². The van der Waals surface area contributed by atoms with E-state index in [0.29, 0.717) is 0 Å². The summed E-state index contributed by atoms with van der Waals surface area (Å²) >= 11 is 0. The molecule has 5 N–H and O–H groups in total. The summed E-state index contributed by atoms with van der Waals surface area (Å²) in [6.07, 6.45) is 0.349. The summed E-state index contributed by atoms with van der Waals surface area (Å²) in [5.74, 6) is -3.14. The third-order valence-corrected chi connectivity index (χ3v) is 2.62. The maximum atomic E-state index is 6.09. The molecule has 0 radical (unpaired) electrons. The van der Waals surface area contributed by atoms with Crippen molar-refractivity contribution in [1.29, 1.82) is 0 Å². The van der Waals surface area contributed by atoms with Crippen molar-refractivity contribution < 1.29 is 18.9 Å². The first kappa shape index (κ1) is 14.8. The topological polar surface area (TPSA) is 126 Å². The van der Waals surface area contributed by atoms with Crippen molar-refractivity contribution in [2.24, 2.45) is 21.5 Å². The number of nitrogens with zero attached hydrogens (tertiary/aromatic N) is 2. The zero-order valence-corrected chi connectivity index (χ0v) is 10.8. The van der Waals surface area contributed by atoms with Crippen LogP contribution in [0.4, 0.5) is 0 Å². The molecule has 1 unspecified atom stereocenters. The Morgan fingerprint density at radius 2 is 1.83 bits per heavy atom. The Morgan fingerprint density at radius 1 is 1.28 bits per heavy atom. The van der Waals surface area contributed by atoms with Crippen molar-refractivity contribution in [3.8, 4) is 0 Å². The number of hydrogen-bond acceptors (Lipinski definition) is 9. The second-order valence-electron chi connectivity index (χ2n) is 3.50. The van der Waals surface area contributed by atoms with E-state index in [4.69, 9.17) is 30.4 Å². The Kier molecular flexibility index (Phi) is 4.59. The van der Waals surface area contributed by atoms with Crippen LogP contribution in [0.5, 0.6) is 0 Å². The van der Waals surface area contributed by atoms with Gasteiger partial charge < -0.3 is 30.0 Å². The predicted molar refractivity (Wildman–Crippen MR) is 64.7 cm³/mol. The molecule has 1 atom stereocenters. The number of methoxy groups -OCH3 is 4. The molecule has 1 rings (SSSR count). The zero-order valence-electron chi connectivity index (χ0n) is 10.8. The number of aliphatic imine (C=N–C) groups is 2. The molecule has 0 aromatic heterocycles. The molecular weight excluding hydrogens is 242 g/mol. The molecular formula is C9H19N5O4. The maximum absolute atomic E-state index is 6.09. The summed E-state index contributed by atoms with van der Waals surface area (Å²) in [6.45, 7) is 0. The normalized spacial score (nSPS) is 24.0. The van der Waals surface area contributed by atoms with E-state index < -0.39 is 17.9 Å². The molecule has 1 heterocycles. The molecule has 0 saturated carbocycles. The van der Waals surface area contributed by atoms with E-state index >= 15 is 0 Å². The van der Waals surface area contributed by atoms with Gasteiger partial charge >= 0.3 is 0 Å². The number of ether oxygens (including phenoxy) is 4. The first-order valence-corrected chi connectivity index (χ1v) is 5.10. The van der Waals surface area contributed by atoms with Gasteiger partial charge in [0.15, 0.2) is 5.96 Å².